The van der Waals surface area contributed by atoms with Crippen LogP contribution in [0.1, 0.15) is 19.4 Å². The quantitative estimate of drug-likeness (QED) is 0.373. The van der Waals surface area contributed by atoms with E-state index in [2.05, 4.69) is 4.74 Å². The van der Waals surface area contributed by atoms with E-state index < -0.39 is 29.6 Å². The Bertz CT molecular complexity index is 1210. The molecule has 0 radical (unpaired) electrons. The topological polar surface area (TPSA) is 74.0 Å². The number of alkyl halides is 3. The highest BCUT2D eigenvalue weighted by Gasteiger charge is 2.52. The van der Waals surface area contributed by atoms with Gasteiger partial charge in [0.05, 0.1) is 11.1 Å². The van der Waals surface area contributed by atoms with Crippen LogP contribution in [-0.4, -0.2) is 33.9 Å². The van der Waals surface area contributed by atoms with Crippen LogP contribution in [0.3, 0.4) is 0 Å². The molecule has 0 unspecified atom stereocenters. The monoisotopic (exact) mass is 446 g/mol. The molecule has 0 aliphatic carbocycles. The first-order chi connectivity index (χ1) is 15.0. The standard InChI is InChI=1S/C22H19F3N3O4/c1-21(2)19(29)28(15-7-9-16(10-8-15)32-22(23,24)25)20(30)26(21)13-14-11-12-27(31)18-6-4-3-5-17(14)18/h3-12,31H,13H2,1-2H3/q+1. The molecule has 4 rings (SSSR count). The van der Waals surface area contributed by atoms with Crippen LogP contribution in [0.4, 0.5) is 23.7 Å². The fourth-order valence-corrected chi connectivity index (χ4v) is 3.71. The normalized spacial score (nSPS) is 16.2. The average molecular weight is 446 g/mol. The zero-order chi connectivity index (χ0) is 23.3. The maximum absolute atomic E-state index is 13.2. The largest absolute Gasteiger partial charge is 0.573 e. The van der Waals surface area contributed by atoms with E-state index in [4.69, 9.17) is 0 Å². The van der Waals surface area contributed by atoms with Crippen molar-refractivity contribution >= 4 is 28.5 Å². The zero-order valence-electron chi connectivity index (χ0n) is 17.1. The summed E-state index contributed by atoms with van der Waals surface area (Å²) in [4.78, 5) is 28.6. The number of ether oxygens (including phenoxy) is 1. The van der Waals surface area contributed by atoms with Gasteiger partial charge in [-0.05, 0) is 49.7 Å². The van der Waals surface area contributed by atoms with Gasteiger partial charge < -0.3 is 9.64 Å². The van der Waals surface area contributed by atoms with Crippen molar-refractivity contribution in [3.63, 3.8) is 0 Å². The molecule has 1 aromatic heterocycles. The highest BCUT2D eigenvalue weighted by molar-refractivity contribution is 6.23. The molecule has 0 bridgehead atoms. The molecular weight excluding hydrogens is 427 g/mol. The molecule has 2 heterocycles. The fraction of sp³-hybridized carbons (Fsp3) is 0.227. The molecule has 0 saturated carbocycles. The number of imide groups is 1. The number of urea groups is 1. The molecule has 1 aliphatic heterocycles. The molecule has 1 aliphatic rings. The summed E-state index contributed by atoms with van der Waals surface area (Å²) < 4.78 is 42.0. The van der Waals surface area contributed by atoms with Gasteiger partial charge in [-0.25, -0.2) is 9.69 Å². The summed E-state index contributed by atoms with van der Waals surface area (Å²) in [5.74, 6) is -0.964. The number of anilines is 1. The van der Waals surface area contributed by atoms with Crippen molar-refractivity contribution in [1.29, 1.82) is 0 Å². The van der Waals surface area contributed by atoms with Crippen molar-refractivity contribution in [3.05, 3.63) is 66.4 Å². The molecule has 1 N–H and O–H groups in total. The first-order valence-corrected chi connectivity index (χ1v) is 9.62. The Morgan fingerprint density at radius 1 is 1.03 bits per heavy atom. The van der Waals surface area contributed by atoms with Crippen LogP contribution in [-0.2, 0) is 11.3 Å². The smallest absolute Gasteiger partial charge is 0.406 e. The Hall–Kier alpha value is -3.82. The summed E-state index contributed by atoms with van der Waals surface area (Å²) in [5.41, 5.74) is 0.190. The van der Waals surface area contributed by atoms with Crippen LogP contribution in [0.2, 0.25) is 0 Å². The first-order valence-electron chi connectivity index (χ1n) is 9.62. The van der Waals surface area contributed by atoms with Crippen molar-refractivity contribution in [3.8, 4) is 5.75 Å². The maximum Gasteiger partial charge on any atom is 0.573 e. The molecule has 10 heteroatoms. The van der Waals surface area contributed by atoms with Crippen molar-refractivity contribution in [2.45, 2.75) is 32.3 Å². The minimum atomic E-state index is -4.84. The Morgan fingerprint density at radius 2 is 1.69 bits per heavy atom. The SMILES string of the molecule is CC1(C)C(=O)N(c2ccc(OC(F)(F)F)cc2)C(=O)N1Cc1cc[n+](O)c2ccccc12. The number of carbonyl (C=O) groups is 2. The molecular formula is C22H19F3N3O4+. The highest BCUT2D eigenvalue weighted by Crippen LogP contribution is 2.35. The lowest BCUT2D eigenvalue weighted by Crippen LogP contribution is -2.44. The Morgan fingerprint density at radius 3 is 2.34 bits per heavy atom. The van der Waals surface area contributed by atoms with Crippen molar-refractivity contribution in [2.75, 3.05) is 4.90 Å². The van der Waals surface area contributed by atoms with Gasteiger partial charge in [-0.3, -0.25) is 10.0 Å². The van der Waals surface area contributed by atoms with E-state index in [-0.39, 0.29) is 12.2 Å². The number of benzene rings is 2. The third kappa shape index (κ3) is 3.68. The van der Waals surface area contributed by atoms with Crippen LogP contribution < -0.4 is 14.4 Å². The van der Waals surface area contributed by atoms with Gasteiger partial charge in [0, 0.05) is 23.4 Å². The second kappa shape index (κ2) is 7.40. The number of fused-ring (bicyclic) bond motifs is 1. The third-order valence-electron chi connectivity index (χ3n) is 5.39. The van der Waals surface area contributed by atoms with Gasteiger partial charge in [0.15, 0.2) is 0 Å². The molecule has 0 spiro atoms. The van der Waals surface area contributed by atoms with E-state index in [0.29, 0.717) is 10.9 Å². The molecule has 1 saturated heterocycles. The molecule has 7 nitrogen and oxygen atoms in total. The minimum Gasteiger partial charge on any atom is -0.406 e. The number of halogens is 3. The third-order valence-corrected chi connectivity index (χ3v) is 5.39. The predicted octanol–water partition coefficient (Wildman–Crippen LogP) is 4.01. The predicted molar refractivity (Wildman–Crippen MR) is 107 cm³/mol. The number of aromatic nitrogens is 1. The Kier molecular flexibility index (Phi) is 4.95. The number of para-hydroxylation sites is 1. The van der Waals surface area contributed by atoms with Gasteiger partial charge in [-0.2, -0.15) is 0 Å². The lowest BCUT2D eigenvalue weighted by molar-refractivity contribution is -0.884. The van der Waals surface area contributed by atoms with E-state index in [0.717, 1.165) is 27.3 Å². The average Bonchev–Trinajstić information content (AvgIpc) is 2.89. The number of amides is 3. The van der Waals surface area contributed by atoms with E-state index in [1.807, 2.05) is 0 Å². The van der Waals surface area contributed by atoms with E-state index in [1.165, 1.54) is 23.2 Å². The summed E-state index contributed by atoms with van der Waals surface area (Å²) in [7, 11) is 0. The van der Waals surface area contributed by atoms with Gasteiger partial charge in [-0.15, -0.1) is 13.2 Å². The zero-order valence-corrected chi connectivity index (χ0v) is 17.1. The van der Waals surface area contributed by atoms with Crippen LogP contribution in [0, 0.1) is 0 Å². The number of rotatable bonds is 4. The number of pyridine rings is 1. The van der Waals surface area contributed by atoms with Crippen molar-refractivity contribution < 1.29 is 37.4 Å². The van der Waals surface area contributed by atoms with Crippen LogP contribution in [0.5, 0.6) is 5.75 Å². The molecule has 0 atom stereocenters. The van der Waals surface area contributed by atoms with Gasteiger partial charge in [0.2, 0.25) is 6.20 Å². The Balaban J connectivity index is 1.66. The molecule has 3 amide bonds. The number of carbonyl (C=O) groups excluding carboxylic acids is 2. The number of nitrogens with zero attached hydrogens (tertiary/aromatic N) is 3. The maximum atomic E-state index is 13.2. The van der Waals surface area contributed by atoms with Gasteiger partial charge in [-0.1, -0.05) is 12.1 Å². The second-order valence-electron chi connectivity index (χ2n) is 7.81. The molecule has 2 aromatic carbocycles. The van der Waals surface area contributed by atoms with Gasteiger partial charge in [0.1, 0.15) is 11.3 Å². The second-order valence-corrected chi connectivity index (χ2v) is 7.81. The van der Waals surface area contributed by atoms with E-state index in [9.17, 15) is 28.0 Å². The van der Waals surface area contributed by atoms with Gasteiger partial charge >= 0.3 is 12.4 Å². The summed E-state index contributed by atoms with van der Waals surface area (Å²) in [6.07, 6.45) is -3.39. The Labute approximate surface area is 180 Å². The lowest BCUT2D eigenvalue weighted by Gasteiger charge is -2.27. The first kappa shape index (κ1) is 21.4. The molecule has 32 heavy (non-hydrogen) atoms. The number of hydrogen-bond acceptors (Lipinski definition) is 4. The van der Waals surface area contributed by atoms with Crippen molar-refractivity contribution in [1.82, 2.24) is 4.90 Å². The molecule has 1 fully saturated rings. The summed E-state index contributed by atoms with van der Waals surface area (Å²) in [5, 5.41) is 10.7. The highest BCUT2D eigenvalue weighted by atomic mass is 19.4. The molecule has 3 aromatic rings. The summed E-state index contributed by atoms with van der Waals surface area (Å²) in [6, 6.07) is 12.7. The summed E-state index contributed by atoms with van der Waals surface area (Å²) in [6.45, 7) is 3.29. The molecule has 166 valence electrons. The van der Waals surface area contributed by atoms with Crippen LogP contribution in [0.25, 0.3) is 10.9 Å². The van der Waals surface area contributed by atoms with Crippen LogP contribution in [0.15, 0.2) is 60.8 Å². The summed E-state index contributed by atoms with van der Waals surface area (Å²) >= 11 is 0. The minimum absolute atomic E-state index is 0.0880. The van der Waals surface area contributed by atoms with Crippen molar-refractivity contribution in [2.24, 2.45) is 0 Å². The van der Waals surface area contributed by atoms with E-state index in [1.54, 1.807) is 44.2 Å². The fourth-order valence-electron chi connectivity index (χ4n) is 3.71. The van der Waals surface area contributed by atoms with E-state index >= 15 is 0 Å². The van der Waals surface area contributed by atoms with Gasteiger partial charge in [0.25, 0.3) is 11.4 Å². The van der Waals surface area contributed by atoms with Crippen LogP contribution >= 0.6 is 0 Å². The number of hydrogen-bond donors (Lipinski definition) is 1. The lowest BCUT2D eigenvalue weighted by atomic mass is 10.0.